The highest BCUT2D eigenvalue weighted by Crippen LogP contribution is 2.30. The number of carboxylic acids is 1. The number of methoxy groups -OCH3 is 1. The van der Waals surface area contributed by atoms with Crippen LogP contribution in [0.25, 0.3) is 0 Å². The number of hydrogen-bond acceptors (Lipinski definition) is 3. The van der Waals surface area contributed by atoms with E-state index in [1.807, 2.05) is 0 Å². The number of amides is 2. The second-order valence-corrected chi connectivity index (χ2v) is 3.98. The van der Waals surface area contributed by atoms with Gasteiger partial charge >= 0.3 is 12.0 Å². The average Bonchev–Trinajstić information content (AvgIpc) is 2.40. The number of carboxylic acid groups (broad SMARTS) is 1. The lowest BCUT2D eigenvalue weighted by atomic mass is 10.2. The van der Waals surface area contributed by atoms with E-state index in [9.17, 15) is 9.59 Å². The molecule has 0 aliphatic heterocycles. The number of anilines is 1. The molecular formula is C13H13ClN2O4. The highest BCUT2D eigenvalue weighted by Gasteiger charge is 2.15. The van der Waals surface area contributed by atoms with Gasteiger partial charge in [-0.05, 0) is 13.0 Å². The zero-order valence-electron chi connectivity index (χ0n) is 10.9. The maximum absolute atomic E-state index is 11.6. The fourth-order valence-electron chi connectivity index (χ4n) is 1.36. The van der Waals surface area contributed by atoms with Gasteiger partial charge in [-0.3, -0.25) is 0 Å². The van der Waals surface area contributed by atoms with Crippen molar-refractivity contribution in [3.05, 3.63) is 22.7 Å². The topological polar surface area (TPSA) is 87.7 Å². The lowest BCUT2D eigenvalue weighted by molar-refractivity contribution is 0.0693. The van der Waals surface area contributed by atoms with Crippen LogP contribution in [-0.2, 0) is 0 Å². The molecule has 106 valence electrons. The Morgan fingerprint density at radius 2 is 2.15 bits per heavy atom. The summed E-state index contributed by atoms with van der Waals surface area (Å²) < 4.78 is 4.95. The second kappa shape index (κ2) is 7.26. The fourth-order valence-corrected chi connectivity index (χ4v) is 1.58. The number of carbonyl (C=O) groups is 2. The average molecular weight is 297 g/mol. The van der Waals surface area contributed by atoms with Crippen molar-refractivity contribution in [3.63, 3.8) is 0 Å². The van der Waals surface area contributed by atoms with Crippen LogP contribution >= 0.6 is 11.6 Å². The summed E-state index contributed by atoms with van der Waals surface area (Å²) in [5.41, 5.74) is 0.163. The van der Waals surface area contributed by atoms with Gasteiger partial charge in [0.15, 0.2) is 0 Å². The highest BCUT2D eigenvalue weighted by molar-refractivity contribution is 6.34. The van der Waals surface area contributed by atoms with Crippen LogP contribution in [0.2, 0.25) is 5.02 Å². The van der Waals surface area contributed by atoms with Crippen molar-refractivity contribution in [1.29, 1.82) is 0 Å². The number of carbonyl (C=O) groups excluding carboxylic acids is 1. The van der Waals surface area contributed by atoms with Crippen LogP contribution in [-0.4, -0.2) is 30.8 Å². The van der Waals surface area contributed by atoms with E-state index in [2.05, 4.69) is 22.5 Å². The van der Waals surface area contributed by atoms with E-state index < -0.39 is 12.0 Å². The lowest BCUT2D eigenvalue weighted by Crippen LogP contribution is -2.29. The van der Waals surface area contributed by atoms with Gasteiger partial charge in [-0.2, -0.15) is 0 Å². The van der Waals surface area contributed by atoms with Crippen molar-refractivity contribution in [3.8, 4) is 17.6 Å². The summed E-state index contributed by atoms with van der Waals surface area (Å²) in [4.78, 5) is 22.5. The number of rotatable bonds is 4. The Labute approximate surface area is 121 Å². The number of nitrogens with one attached hydrogen (secondary N) is 2. The predicted molar refractivity (Wildman–Crippen MR) is 75.4 cm³/mol. The van der Waals surface area contributed by atoms with Gasteiger partial charge < -0.3 is 20.5 Å². The quantitative estimate of drug-likeness (QED) is 0.743. The third-order valence-corrected chi connectivity index (χ3v) is 2.59. The van der Waals surface area contributed by atoms with E-state index in [1.165, 1.54) is 19.2 Å². The molecule has 1 rings (SSSR count). The molecule has 0 bridgehead atoms. The molecule has 0 atom stereocenters. The van der Waals surface area contributed by atoms with E-state index in [0.717, 1.165) is 0 Å². The third-order valence-electron chi connectivity index (χ3n) is 2.28. The summed E-state index contributed by atoms with van der Waals surface area (Å²) >= 11 is 5.92. The molecule has 3 N–H and O–H groups in total. The molecule has 2 amide bonds. The molecule has 0 aliphatic carbocycles. The van der Waals surface area contributed by atoms with Gasteiger partial charge in [0, 0.05) is 6.07 Å². The standard InChI is InChI=1S/C13H13ClN2O4/c1-3-4-5-15-13(19)16-10-7-11(20-2)8(12(17)18)6-9(10)14/h6-7H,5H2,1-2H3,(H,17,18)(H2,15,16,19). The molecule has 0 aromatic heterocycles. The summed E-state index contributed by atoms with van der Waals surface area (Å²) in [5.74, 6) is 4.24. The minimum atomic E-state index is -1.17. The van der Waals surface area contributed by atoms with Crippen LogP contribution in [0.15, 0.2) is 12.1 Å². The van der Waals surface area contributed by atoms with Gasteiger partial charge in [-0.15, -0.1) is 5.92 Å². The van der Waals surface area contributed by atoms with Crippen LogP contribution in [0.1, 0.15) is 17.3 Å². The summed E-state index contributed by atoms with van der Waals surface area (Å²) in [6.45, 7) is 1.86. The van der Waals surface area contributed by atoms with Crippen molar-refractivity contribution in [2.45, 2.75) is 6.92 Å². The molecule has 0 heterocycles. The minimum Gasteiger partial charge on any atom is -0.496 e. The molecule has 0 spiro atoms. The molecule has 1 aromatic carbocycles. The number of halogens is 1. The molecule has 0 fully saturated rings. The van der Waals surface area contributed by atoms with Crippen molar-refractivity contribution in [2.24, 2.45) is 0 Å². The van der Waals surface area contributed by atoms with E-state index >= 15 is 0 Å². The van der Waals surface area contributed by atoms with Gasteiger partial charge in [-0.1, -0.05) is 17.5 Å². The van der Waals surface area contributed by atoms with Crippen molar-refractivity contribution >= 4 is 29.3 Å². The largest absolute Gasteiger partial charge is 0.496 e. The van der Waals surface area contributed by atoms with Gasteiger partial charge in [0.1, 0.15) is 11.3 Å². The summed E-state index contributed by atoms with van der Waals surface area (Å²) in [7, 11) is 1.33. The van der Waals surface area contributed by atoms with Gasteiger partial charge in [0.25, 0.3) is 0 Å². The Balaban J connectivity index is 2.92. The Kier molecular flexibility index (Phi) is 5.69. The lowest BCUT2D eigenvalue weighted by Gasteiger charge is -2.11. The van der Waals surface area contributed by atoms with E-state index in [0.29, 0.717) is 0 Å². The Bertz CT molecular complexity index is 590. The molecule has 1 aromatic rings. The molecule has 0 saturated carbocycles. The Hall–Kier alpha value is -2.39. The van der Waals surface area contributed by atoms with Crippen LogP contribution in [0.3, 0.4) is 0 Å². The number of aromatic carboxylic acids is 1. The van der Waals surface area contributed by atoms with Crippen molar-refractivity contribution < 1.29 is 19.4 Å². The monoisotopic (exact) mass is 296 g/mol. The summed E-state index contributed by atoms with van der Waals surface area (Å²) in [6.07, 6.45) is 0. The molecule has 0 saturated heterocycles. The minimum absolute atomic E-state index is 0.0830. The zero-order valence-corrected chi connectivity index (χ0v) is 11.7. The van der Waals surface area contributed by atoms with E-state index in [1.54, 1.807) is 6.92 Å². The third kappa shape index (κ3) is 4.07. The molecule has 0 radical (unpaired) electrons. The Morgan fingerprint density at radius 1 is 1.45 bits per heavy atom. The number of ether oxygens (including phenoxy) is 1. The number of hydrogen-bond donors (Lipinski definition) is 3. The molecule has 0 aliphatic rings. The van der Waals surface area contributed by atoms with Crippen LogP contribution < -0.4 is 15.4 Å². The summed E-state index contributed by atoms with van der Waals surface area (Å²) in [5, 5.41) is 14.1. The zero-order chi connectivity index (χ0) is 15.1. The molecule has 7 heteroatoms. The summed E-state index contributed by atoms with van der Waals surface area (Å²) in [6, 6.07) is 2.06. The van der Waals surface area contributed by atoms with Gasteiger partial charge in [0.2, 0.25) is 0 Å². The predicted octanol–water partition coefficient (Wildman–Crippen LogP) is 2.19. The molecule has 6 nitrogen and oxygen atoms in total. The number of urea groups is 1. The van der Waals surface area contributed by atoms with Crippen LogP contribution in [0, 0.1) is 11.8 Å². The molecular weight excluding hydrogens is 284 g/mol. The fraction of sp³-hybridized carbons (Fsp3) is 0.231. The van der Waals surface area contributed by atoms with E-state index in [4.69, 9.17) is 21.4 Å². The smallest absolute Gasteiger partial charge is 0.339 e. The van der Waals surface area contributed by atoms with Crippen molar-refractivity contribution in [1.82, 2.24) is 5.32 Å². The van der Waals surface area contributed by atoms with Gasteiger partial charge in [-0.25, -0.2) is 9.59 Å². The second-order valence-electron chi connectivity index (χ2n) is 3.57. The molecule has 0 unspecified atom stereocenters. The first-order valence-electron chi connectivity index (χ1n) is 5.55. The first-order valence-corrected chi connectivity index (χ1v) is 5.92. The first-order chi connectivity index (χ1) is 9.49. The Morgan fingerprint density at radius 3 is 2.70 bits per heavy atom. The van der Waals surface area contributed by atoms with Crippen molar-refractivity contribution in [2.75, 3.05) is 19.0 Å². The van der Waals surface area contributed by atoms with Crippen LogP contribution in [0.4, 0.5) is 10.5 Å². The first kappa shape index (κ1) is 15.7. The maximum Gasteiger partial charge on any atom is 0.339 e. The number of benzene rings is 1. The van der Waals surface area contributed by atoms with Gasteiger partial charge in [0.05, 0.1) is 24.4 Å². The highest BCUT2D eigenvalue weighted by atomic mass is 35.5. The maximum atomic E-state index is 11.6. The SMILES string of the molecule is CC#CCNC(=O)Nc1cc(OC)c(C(=O)O)cc1Cl. The van der Waals surface area contributed by atoms with Crippen LogP contribution in [0.5, 0.6) is 5.75 Å². The normalized spacial score (nSPS) is 9.15. The molecule has 20 heavy (non-hydrogen) atoms. The van der Waals surface area contributed by atoms with E-state index in [-0.39, 0.29) is 28.6 Å².